The maximum absolute atomic E-state index is 9.99. The first-order valence-electron chi connectivity index (χ1n) is 6.83. The zero-order valence-corrected chi connectivity index (χ0v) is 14.6. The Morgan fingerprint density at radius 1 is 1.26 bits per heavy atom. The third-order valence-electron chi connectivity index (χ3n) is 3.26. The van der Waals surface area contributed by atoms with Crippen LogP contribution in [0.25, 0.3) is 10.9 Å². The van der Waals surface area contributed by atoms with Crippen molar-refractivity contribution in [2.24, 2.45) is 10.2 Å². The van der Waals surface area contributed by atoms with E-state index in [4.69, 9.17) is 12.2 Å². The predicted octanol–water partition coefficient (Wildman–Crippen LogP) is 5.43. The van der Waals surface area contributed by atoms with Crippen molar-refractivity contribution in [2.45, 2.75) is 6.92 Å². The van der Waals surface area contributed by atoms with E-state index in [0.717, 1.165) is 26.6 Å². The molecule has 0 saturated heterocycles. The minimum absolute atomic E-state index is 0.0296. The Morgan fingerprint density at radius 2 is 2.04 bits per heavy atom. The number of H-pyrrole nitrogens is 1. The fourth-order valence-electron chi connectivity index (χ4n) is 2.18. The molecule has 0 saturated carbocycles. The van der Waals surface area contributed by atoms with Gasteiger partial charge in [0.25, 0.3) is 0 Å². The Hall–Kier alpha value is -2.25. The van der Waals surface area contributed by atoms with E-state index >= 15 is 0 Å². The van der Waals surface area contributed by atoms with E-state index in [1.807, 2.05) is 49.4 Å². The Morgan fingerprint density at radius 3 is 2.83 bits per heavy atom. The van der Waals surface area contributed by atoms with Crippen molar-refractivity contribution in [3.63, 3.8) is 0 Å². The van der Waals surface area contributed by atoms with Crippen molar-refractivity contribution in [3.8, 4) is 5.88 Å². The predicted molar refractivity (Wildman–Crippen MR) is 99.6 cm³/mol. The van der Waals surface area contributed by atoms with Crippen LogP contribution in [0.1, 0.15) is 5.56 Å². The van der Waals surface area contributed by atoms with Crippen LogP contribution in [-0.4, -0.2) is 15.2 Å². The van der Waals surface area contributed by atoms with Gasteiger partial charge < -0.3 is 15.4 Å². The number of para-hydroxylation sites is 1. The van der Waals surface area contributed by atoms with Gasteiger partial charge in [0, 0.05) is 9.86 Å². The van der Waals surface area contributed by atoms with E-state index in [-0.39, 0.29) is 11.0 Å². The molecule has 0 amide bonds. The van der Waals surface area contributed by atoms with Crippen molar-refractivity contribution in [2.75, 3.05) is 5.32 Å². The lowest BCUT2D eigenvalue weighted by Crippen LogP contribution is -2.05. The molecule has 0 atom stereocenters. The van der Waals surface area contributed by atoms with Crippen LogP contribution >= 0.6 is 28.1 Å². The molecule has 1 aromatic heterocycles. The molecule has 3 rings (SSSR count). The quantitative estimate of drug-likeness (QED) is 0.405. The number of aryl methyl sites for hydroxylation is 1. The van der Waals surface area contributed by atoms with Gasteiger partial charge in [0.2, 0.25) is 11.0 Å². The van der Waals surface area contributed by atoms with Gasteiger partial charge in [0.05, 0.1) is 11.2 Å². The average molecular weight is 389 g/mol. The molecule has 0 spiro atoms. The van der Waals surface area contributed by atoms with Crippen molar-refractivity contribution >= 4 is 55.5 Å². The van der Waals surface area contributed by atoms with Gasteiger partial charge in [-0.15, -0.1) is 10.2 Å². The third-order valence-corrected chi connectivity index (χ3v) is 4.14. The molecule has 7 heteroatoms. The van der Waals surface area contributed by atoms with Gasteiger partial charge in [-0.05, 0) is 59.3 Å². The van der Waals surface area contributed by atoms with Crippen LogP contribution in [-0.2, 0) is 0 Å². The lowest BCUT2D eigenvalue weighted by atomic mass is 10.2. The molecule has 23 heavy (non-hydrogen) atoms. The lowest BCUT2D eigenvalue weighted by Gasteiger charge is -2.04. The molecule has 3 N–H and O–H groups in total. The summed E-state index contributed by atoms with van der Waals surface area (Å²) in [6.07, 6.45) is 0. The summed E-state index contributed by atoms with van der Waals surface area (Å²) in [4.78, 5) is 2.87. The number of aromatic hydroxyl groups is 1. The van der Waals surface area contributed by atoms with E-state index in [1.165, 1.54) is 0 Å². The number of aromatic amines is 1. The summed E-state index contributed by atoms with van der Waals surface area (Å²) < 4.78 is 0.878. The van der Waals surface area contributed by atoms with Gasteiger partial charge >= 0.3 is 0 Å². The standard InChI is InChI=1S/C16H13BrN4OS/c1-9-6-7-12-10(8-9)14(15(22)18-12)20-21-16(23)19-13-5-3-2-4-11(13)17/h2-8,18,22H,1H3,(H,19,23). The number of anilines is 1. The number of aromatic nitrogens is 1. The smallest absolute Gasteiger partial charge is 0.218 e. The van der Waals surface area contributed by atoms with Crippen molar-refractivity contribution in [3.05, 3.63) is 52.5 Å². The number of thiocarbonyl (C=S) groups is 1. The van der Waals surface area contributed by atoms with Gasteiger partial charge in [0.1, 0.15) is 0 Å². The van der Waals surface area contributed by atoms with Crippen LogP contribution in [0.4, 0.5) is 11.4 Å². The molecule has 0 aliphatic heterocycles. The molecule has 0 unspecified atom stereocenters. The second kappa shape index (κ2) is 6.47. The molecule has 0 radical (unpaired) electrons. The van der Waals surface area contributed by atoms with Gasteiger partial charge in [0.15, 0.2) is 5.69 Å². The zero-order valence-electron chi connectivity index (χ0n) is 12.2. The van der Waals surface area contributed by atoms with Crippen LogP contribution in [0, 0.1) is 6.92 Å². The van der Waals surface area contributed by atoms with Crippen LogP contribution < -0.4 is 5.32 Å². The van der Waals surface area contributed by atoms with Crippen molar-refractivity contribution in [1.29, 1.82) is 0 Å². The van der Waals surface area contributed by atoms with Crippen LogP contribution in [0.3, 0.4) is 0 Å². The number of fused-ring (bicyclic) bond motifs is 1. The van der Waals surface area contributed by atoms with Gasteiger partial charge in [-0.3, -0.25) is 0 Å². The number of nitrogens with one attached hydrogen (secondary N) is 2. The molecule has 5 nitrogen and oxygen atoms in total. The number of azo groups is 1. The molecule has 0 bridgehead atoms. The second-order valence-electron chi connectivity index (χ2n) is 4.98. The van der Waals surface area contributed by atoms with Crippen molar-refractivity contribution in [1.82, 2.24) is 4.98 Å². The maximum atomic E-state index is 9.99. The summed E-state index contributed by atoms with van der Waals surface area (Å²) in [7, 11) is 0. The van der Waals surface area contributed by atoms with Gasteiger partial charge in [-0.1, -0.05) is 23.8 Å². The number of rotatable bonds is 2. The van der Waals surface area contributed by atoms with E-state index < -0.39 is 0 Å². The van der Waals surface area contributed by atoms with Gasteiger partial charge in [-0.25, -0.2) is 0 Å². The summed E-state index contributed by atoms with van der Waals surface area (Å²) in [6.45, 7) is 1.98. The van der Waals surface area contributed by atoms with Gasteiger partial charge in [-0.2, -0.15) is 0 Å². The Balaban J connectivity index is 1.85. The number of hydrogen-bond donors (Lipinski definition) is 3. The normalized spacial score (nSPS) is 11.2. The second-order valence-corrected chi connectivity index (χ2v) is 6.22. The molecule has 116 valence electrons. The summed E-state index contributed by atoms with van der Waals surface area (Å²) >= 11 is 8.60. The van der Waals surface area contributed by atoms with Crippen LogP contribution in [0.15, 0.2) is 57.2 Å². The maximum Gasteiger partial charge on any atom is 0.218 e. The molecule has 0 fully saturated rings. The first kappa shape index (κ1) is 15.6. The molecule has 2 aromatic carbocycles. The SMILES string of the molecule is Cc1ccc2[nH]c(O)c(N=NC(=S)Nc3ccccc3Br)c2c1. The first-order chi connectivity index (χ1) is 11.0. The van der Waals surface area contributed by atoms with E-state index in [2.05, 4.69) is 36.5 Å². The number of nitrogens with zero attached hydrogens (tertiary/aromatic N) is 2. The number of benzene rings is 2. The highest BCUT2D eigenvalue weighted by Crippen LogP contribution is 2.36. The summed E-state index contributed by atoms with van der Waals surface area (Å²) in [5.74, 6) is -0.0296. The summed E-state index contributed by atoms with van der Waals surface area (Å²) in [5, 5.41) is 22.1. The van der Waals surface area contributed by atoms with Crippen LogP contribution in [0.2, 0.25) is 0 Å². The molecular formula is C16H13BrN4OS. The topological polar surface area (TPSA) is 72.8 Å². The molecule has 3 aromatic rings. The highest BCUT2D eigenvalue weighted by molar-refractivity contribution is 9.10. The van der Waals surface area contributed by atoms with E-state index in [1.54, 1.807) is 0 Å². The fourth-order valence-corrected chi connectivity index (χ4v) is 2.71. The zero-order chi connectivity index (χ0) is 16.4. The summed E-state index contributed by atoms with van der Waals surface area (Å²) in [5.41, 5.74) is 3.05. The Bertz CT molecular complexity index is 920. The highest BCUT2D eigenvalue weighted by Gasteiger charge is 2.10. The Kier molecular flexibility index (Phi) is 4.40. The minimum Gasteiger partial charge on any atom is -0.493 e. The number of halogens is 1. The largest absolute Gasteiger partial charge is 0.493 e. The number of hydrogen-bond acceptors (Lipinski definition) is 3. The Labute approximate surface area is 146 Å². The molecule has 0 aliphatic rings. The fraction of sp³-hybridized carbons (Fsp3) is 0.0625. The highest BCUT2D eigenvalue weighted by atomic mass is 79.9. The molecule has 0 aliphatic carbocycles. The van der Waals surface area contributed by atoms with Crippen LogP contribution in [0.5, 0.6) is 5.88 Å². The minimum atomic E-state index is -0.0296. The lowest BCUT2D eigenvalue weighted by molar-refractivity contribution is 0.459. The van der Waals surface area contributed by atoms with E-state index in [9.17, 15) is 5.11 Å². The monoisotopic (exact) mass is 388 g/mol. The molecule has 1 heterocycles. The summed E-state index contributed by atoms with van der Waals surface area (Å²) in [6, 6.07) is 13.4. The molecular weight excluding hydrogens is 376 g/mol. The first-order valence-corrected chi connectivity index (χ1v) is 8.03. The third kappa shape index (κ3) is 3.40. The average Bonchev–Trinajstić information content (AvgIpc) is 2.82. The van der Waals surface area contributed by atoms with Crippen molar-refractivity contribution < 1.29 is 5.11 Å². The van der Waals surface area contributed by atoms with E-state index in [0.29, 0.717) is 5.69 Å².